The van der Waals surface area contributed by atoms with Gasteiger partial charge in [0.15, 0.2) is 0 Å². The maximum atomic E-state index is 6.30. The van der Waals surface area contributed by atoms with Crippen LogP contribution in [0.2, 0.25) is 0 Å². The zero-order valence-electron chi connectivity index (χ0n) is 13.9. The van der Waals surface area contributed by atoms with Gasteiger partial charge in [-0.15, -0.1) is 0 Å². The van der Waals surface area contributed by atoms with Crippen molar-refractivity contribution in [1.29, 1.82) is 0 Å². The van der Waals surface area contributed by atoms with Gasteiger partial charge in [0.05, 0.1) is 12.2 Å². The van der Waals surface area contributed by atoms with Crippen molar-refractivity contribution < 1.29 is 13.8 Å². The van der Waals surface area contributed by atoms with Gasteiger partial charge >= 0.3 is 0 Å². The third-order valence-corrected chi connectivity index (χ3v) is 5.79. The molecule has 6 heteroatoms. The summed E-state index contributed by atoms with van der Waals surface area (Å²) in [6, 6.07) is 0.491. The van der Waals surface area contributed by atoms with Crippen molar-refractivity contribution in [1.82, 2.24) is 4.67 Å². The quantitative estimate of drug-likeness (QED) is 0.533. The van der Waals surface area contributed by atoms with Crippen molar-refractivity contribution in [2.75, 3.05) is 7.11 Å². The maximum Gasteiger partial charge on any atom is 0.259 e. The first kappa shape index (κ1) is 18.4. The Hall–Kier alpha value is 0.335. The second-order valence-electron chi connectivity index (χ2n) is 5.96. The summed E-state index contributed by atoms with van der Waals surface area (Å²) < 4.78 is 20.0. The van der Waals surface area contributed by atoms with Crippen LogP contribution in [-0.4, -0.2) is 49.9 Å². The first-order valence-electron chi connectivity index (χ1n) is 7.53. The lowest BCUT2D eigenvalue weighted by Gasteiger charge is -2.37. The lowest BCUT2D eigenvalue weighted by atomic mass is 9.86. The van der Waals surface area contributed by atoms with E-state index in [4.69, 9.17) is 21.6 Å². The van der Waals surface area contributed by atoms with Crippen LogP contribution >= 0.6 is 8.53 Å². The normalized spacial score (nSPS) is 32.5. The highest BCUT2D eigenvalue weighted by atomic mass is 31.2. The first-order chi connectivity index (χ1) is 9.33. The van der Waals surface area contributed by atoms with E-state index in [9.17, 15) is 0 Å². The molecule has 0 aromatic rings. The van der Waals surface area contributed by atoms with E-state index in [2.05, 4.69) is 46.2 Å². The monoisotopic (exact) mass is 301 g/mol. The zero-order valence-corrected chi connectivity index (χ0v) is 14.8. The molecule has 0 bridgehead atoms. The van der Waals surface area contributed by atoms with Crippen LogP contribution in [-0.2, 0) is 13.8 Å². The molecule has 0 saturated carbocycles. The number of hydrogen-bond acceptors (Lipinski definition) is 4. The summed E-state index contributed by atoms with van der Waals surface area (Å²) in [5, 5.41) is 0. The van der Waals surface area contributed by atoms with Gasteiger partial charge in [0.2, 0.25) is 0 Å². The summed E-state index contributed by atoms with van der Waals surface area (Å²) in [5.74, 6) is 0.182. The molecule has 0 N–H and O–H groups in total. The fraction of sp³-hybridized carbons (Fsp3) is 1.00. The summed E-state index contributed by atoms with van der Waals surface area (Å²) in [6.45, 7) is 12.8. The minimum atomic E-state index is -1.09. The molecular formula is C14H29BNO3P. The van der Waals surface area contributed by atoms with Gasteiger partial charge in [-0.05, 0) is 34.1 Å². The van der Waals surface area contributed by atoms with Gasteiger partial charge in [-0.3, -0.25) is 0 Å². The summed E-state index contributed by atoms with van der Waals surface area (Å²) in [6.07, 6.45) is 0.960. The smallest absolute Gasteiger partial charge is 0.259 e. The molecule has 2 unspecified atom stereocenters. The van der Waals surface area contributed by atoms with Crippen molar-refractivity contribution in [3.63, 3.8) is 0 Å². The third-order valence-electron chi connectivity index (χ3n) is 3.75. The molecule has 0 aliphatic carbocycles. The Kier molecular flexibility index (Phi) is 7.44. The highest BCUT2D eigenvalue weighted by Gasteiger charge is 2.42. The minimum Gasteiger partial charge on any atom is -0.382 e. The highest BCUT2D eigenvalue weighted by Crippen LogP contribution is 2.49. The number of hydrogen-bond donors (Lipinski definition) is 0. The van der Waals surface area contributed by atoms with Crippen LogP contribution in [0.3, 0.4) is 0 Å². The number of ether oxygens (including phenoxy) is 1. The van der Waals surface area contributed by atoms with E-state index in [0.29, 0.717) is 12.1 Å². The SMILES string of the molecule is [B][C@@H]1O[C@H](CC)C(OP(OC)N(C(C)C)C(C)C)[C@@H]1C. The van der Waals surface area contributed by atoms with E-state index in [1.807, 2.05) is 0 Å². The molecule has 20 heavy (non-hydrogen) atoms. The van der Waals surface area contributed by atoms with Gasteiger partial charge in [-0.25, -0.2) is 4.67 Å². The molecule has 1 rings (SSSR count). The molecule has 2 radical (unpaired) electrons. The van der Waals surface area contributed by atoms with E-state index in [-0.39, 0.29) is 24.1 Å². The average Bonchev–Trinajstić information content (AvgIpc) is 2.64. The molecule has 1 heterocycles. The largest absolute Gasteiger partial charge is 0.382 e. The minimum absolute atomic E-state index is 0.000983. The lowest BCUT2D eigenvalue weighted by Crippen LogP contribution is -2.36. The molecule has 1 aliphatic rings. The Morgan fingerprint density at radius 2 is 1.80 bits per heavy atom. The van der Waals surface area contributed by atoms with Crippen LogP contribution in [0.1, 0.15) is 48.0 Å². The van der Waals surface area contributed by atoms with Crippen LogP contribution in [0.4, 0.5) is 0 Å². The standard InChI is InChI=1S/C14H29BNO3P/c1-8-12-13(11(6)14(15)18-12)19-20(17-7)16(9(2)3)10(4)5/h9-14H,8H2,1-7H3/t11-,12+,13?,14+,20?/m0/s1. The predicted molar refractivity (Wildman–Crippen MR) is 84.8 cm³/mol. The van der Waals surface area contributed by atoms with Crippen LogP contribution < -0.4 is 0 Å². The predicted octanol–water partition coefficient (Wildman–Crippen LogP) is 3.30. The zero-order chi connectivity index (χ0) is 15.4. The van der Waals surface area contributed by atoms with Gasteiger partial charge in [0, 0.05) is 31.1 Å². The van der Waals surface area contributed by atoms with Crippen LogP contribution in [0.5, 0.6) is 0 Å². The van der Waals surface area contributed by atoms with Gasteiger partial charge in [-0.1, -0.05) is 13.8 Å². The van der Waals surface area contributed by atoms with E-state index >= 15 is 0 Å². The average molecular weight is 301 g/mol. The van der Waals surface area contributed by atoms with Crippen molar-refractivity contribution in [3.05, 3.63) is 0 Å². The second kappa shape index (κ2) is 8.10. The molecule has 0 amide bonds. The van der Waals surface area contributed by atoms with Crippen LogP contribution in [0.15, 0.2) is 0 Å². The van der Waals surface area contributed by atoms with Crippen molar-refractivity contribution in [2.45, 2.75) is 78.3 Å². The Morgan fingerprint density at radius 1 is 1.25 bits per heavy atom. The maximum absolute atomic E-state index is 6.30. The van der Waals surface area contributed by atoms with E-state index in [1.54, 1.807) is 7.11 Å². The Balaban J connectivity index is 2.80. The molecule has 116 valence electrons. The summed E-state index contributed by atoms with van der Waals surface area (Å²) in [5.41, 5.74) is 0. The topological polar surface area (TPSA) is 30.9 Å². The van der Waals surface area contributed by atoms with Gasteiger partial charge < -0.3 is 13.8 Å². The fourth-order valence-electron chi connectivity index (χ4n) is 2.69. The fourth-order valence-corrected chi connectivity index (χ4v) is 4.36. The molecule has 4 nitrogen and oxygen atoms in total. The molecule has 1 aliphatic heterocycles. The lowest BCUT2D eigenvalue weighted by molar-refractivity contribution is 0.0326. The highest BCUT2D eigenvalue weighted by molar-refractivity contribution is 7.44. The molecule has 0 aromatic carbocycles. The number of nitrogens with zero attached hydrogens (tertiary/aromatic N) is 1. The third kappa shape index (κ3) is 4.17. The molecular weight excluding hydrogens is 272 g/mol. The van der Waals surface area contributed by atoms with Crippen LogP contribution in [0, 0.1) is 5.92 Å². The second-order valence-corrected chi connectivity index (χ2v) is 7.48. The molecule has 0 spiro atoms. The van der Waals surface area contributed by atoms with Gasteiger partial charge in [-0.2, -0.15) is 0 Å². The van der Waals surface area contributed by atoms with E-state index in [0.717, 1.165) is 6.42 Å². The van der Waals surface area contributed by atoms with Crippen molar-refractivity contribution in [3.8, 4) is 0 Å². The van der Waals surface area contributed by atoms with Crippen LogP contribution in [0.25, 0.3) is 0 Å². The van der Waals surface area contributed by atoms with Crippen molar-refractivity contribution >= 4 is 16.4 Å². The molecule has 1 saturated heterocycles. The van der Waals surface area contributed by atoms with E-state index < -0.39 is 8.53 Å². The van der Waals surface area contributed by atoms with Gasteiger partial charge in [0.1, 0.15) is 7.85 Å². The molecule has 0 aromatic heterocycles. The molecule has 1 fully saturated rings. The Labute approximate surface area is 126 Å². The summed E-state index contributed by atoms with van der Waals surface area (Å²) in [7, 11) is 6.62. The first-order valence-corrected chi connectivity index (χ1v) is 8.66. The summed E-state index contributed by atoms with van der Waals surface area (Å²) >= 11 is 0. The van der Waals surface area contributed by atoms with Crippen molar-refractivity contribution in [2.24, 2.45) is 5.92 Å². The van der Waals surface area contributed by atoms with E-state index in [1.165, 1.54) is 0 Å². The Morgan fingerprint density at radius 3 is 2.20 bits per heavy atom. The number of rotatable bonds is 7. The Bertz CT molecular complexity index is 286. The molecule has 5 atom stereocenters. The summed E-state index contributed by atoms with van der Waals surface area (Å²) in [4.78, 5) is 0. The van der Waals surface area contributed by atoms with Gasteiger partial charge in [0.25, 0.3) is 8.53 Å².